The molecule has 0 aliphatic carbocycles. The predicted molar refractivity (Wildman–Crippen MR) is 104 cm³/mol. The Morgan fingerprint density at radius 2 is 2.22 bits per heavy atom. The summed E-state index contributed by atoms with van der Waals surface area (Å²) in [5.74, 6) is 1.51. The highest BCUT2D eigenvalue weighted by Crippen LogP contribution is 2.26. The van der Waals surface area contributed by atoms with Gasteiger partial charge in [-0.2, -0.15) is 0 Å². The highest BCUT2D eigenvalue weighted by Gasteiger charge is 2.32. The van der Waals surface area contributed by atoms with Crippen molar-refractivity contribution in [1.82, 2.24) is 25.3 Å². The molecule has 0 radical (unpaired) electrons. The van der Waals surface area contributed by atoms with Crippen LogP contribution in [0.3, 0.4) is 0 Å². The van der Waals surface area contributed by atoms with Gasteiger partial charge in [0.05, 0.1) is 11.3 Å². The molecule has 2 saturated heterocycles. The van der Waals surface area contributed by atoms with Gasteiger partial charge >= 0.3 is 0 Å². The van der Waals surface area contributed by atoms with Gasteiger partial charge in [0.25, 0.3) is 5.91 Å². The number of nitrogens with zero attached hydrogens (tertiary/aromatic N) is 4. The summed E-state index contributed by atoms with van der Waals surface area (Å²) in [6, 6.07) is 6.10. The molecule has 2 aromatic rings. The van der Waals surface area contributed by atoms with Crippen molar-refractivity contribution >= 4 is 17.7 Å². The van der Waals surface area contributed by atoms with E-state index in [1.54, 1.807) is 6.20 Å². The molecule has 2 aliphatic heterocycles. The van der Waals surface area contributed by atoms with E-state index in [-0.39, 0.29) is 5.91 Å². The van der Waals surface area contributed by atoms with Gasteiger partial charge in [-0.05, 0) is 25.5 Å². The lowest BCUT2D eigenvalue weighted by Gasteiger charge is -2.32. The average Bonchev–Trinajstić information content (AvgIpc) is 3.36. The summed E-state index contributed by atoms with van der Waals surface area (Å²) >= 11 is 1.53. The standard InChI is InChI=1S/C19H25N5O2S/c1-14-11-15(22-26-14)13-27-18-17(3-2-5-21-18)19(25)24-8-4-16(12-24)23-9-6-20-7-10-23/h2-3,5,11,16,20H,4,6-10,12-13H2,1H3. The number of amides is 1. The molecule has 4 rings (SSSR count). The topological polar surface area (TPSA) is 74.5 Å². The zero-order valence-electron chi connectivity index (χ0n) is 15.6. The lowest BCUT2D eigenvalue weighted by molar-refractivity contribution is 0.0769. The number of aromatic nitrogens is 2. The summed E-state index contributed by atoms with van der Waals surface area (Å²) in [4.78, 5) is 22.0. The summed E-state index contributed by atoms with van der Waals surface area (Å²) in [7, 11) is 0. The third-order valence-corrected chi connectivity index (χ3v) is 6.19. The molecule has 2 aliphatic rings. The van der Waals surface area contributed by atoms with E-state index in [2.05, 4.69) is 20.4 Å². The molecule has 0 aromatic carbocycles. The van der Waals surface area contributed by atoms with Crippen LogP contribution in [0, 0.1) is 6.92 Å². The quantitative estimate of drug-likeness (QED) is 0.784. The molecule has 0 saturated carbocycles. The van der Waals surface area contributed by atoms with Crippen LogP contribution >= 0.6 is 11.8 Å². The highest BCUT2D eigenvalue weighted by atomic mass is 32.2. The van der Waals surface area contributed by atoms with E-state index < -0.39 is 0 Å². The second-order valence-electron chi connectivity index (χ2n) is 7.05. The van der Waals surface area contributed by atoms with E-state index in [0.717, 1.165) is 62.2 Å². The SMILES string of the molecule is Cc1cc(CSc2ncccc2C(=O)N2CCC(N3CCNCC3)C2)no1. The maximum absolute atomic E-state index is 13.1. The van der Waals surface area contributed by atoms with Crippen LogP contribution in [0.15, 0.2) is 33.9 Å². The summed E-state index contributed by atoms with van der Waals surface area (Å²) < 4.78 is 5.11. The van der Waals surface area contributed by atoms with Gasteiger partial charge in [0.1, 0.15) is 10.8 Å². The van der Waals surface area contributed by atoms with Crippen LogP contribution in [-0.2, 0) is 5.75 Å². The number of piperazine rings is 1. The number of carbonyl (C=O) groups excluding carboxylic acids is 1. The van der Waals surface area contributed by atoms with E-state index in [4.69, 9.17) is 4.52 Å². The maximum atomic E-state index is 13.1. The number of pyridine rings is 1. The largest absolute Gasteiger partial charge is 0.361 e. The monoisotopic (exact) mass is 387 g/mol. The minimum Gasteiger partial charge on any atom is -0.361 e. The maximum Gasteiger partial charge on any atom is 0.256 e. The van der Waals surface area contributed by atoms with Crippen LogP contribution in [0.25, 0.3) is 0 Å². The van der Waals surface area contributed by atoms with E-state index in [0.29, 0.717) is 17.4 Å². The third kappa shape index (κ3) is 4.34. The lowest BCUT2D eigenvalue weighted by atomic mass is 10.2. The van der Waals surface area contributed by atoms with Crippen molar-refractivity contribution in [2.24, 2.45) is 0 Å². The van der Waals surface area contributed by atoms with Crippen molar-refractivity contribution in [1.29, 1.82) is 0 Å². The Morgan fingerprint density at radius 1 is 1.37 bits per heavy atom. The first-order chi connectivity index (χ1) is 13.2. The fourth-order valence-electron chi connectivity index (χ4n) is 3.74. The van der Waals surface area contributed by atoms with E-state index >= 15 is 0 Å². The highest BCUT2D eigenvalue weighted by molar-refractivity contribution is 7.98. The number of hydrogen-bond acceptors (Lipinski definition) is 7. The minimum atomic E-state index is 0.0829. The molecule has 0 spiro atoms. The van der Waals surface area contributed by atoms with Gasteiger partial charge in [0.15, 0.2) is 0 Å². The average molecular weight is 388 g/mol. The van der Waals surface area contributed by atoms with Crippen molar-refractivity contribution in [3.05, 3.63) is 41.4 Å². The van der Waals surface area contributed by atoms with E-state index in [1.807, 2.05) is 30.0 Å². The smallest absolute Gasteiger partial charge is 0.256 e. The first kappa shape index (κ1) is 18.5. The fourth-order valence-corrected chi connectivity index (χ4v) is 4.61. The zero-order chi connectivity index (χ0) is 18.6. The van der Waals surface area contributed by atoms with E-state index in [9.17, 15) is 4.79 Å². The molecule has 0 bridgehead atoms. The molecule has 27 heavy (non-hydrogen) atoms. The van der Waals surface area contributed by atoms with Crippen molar-refractivity contribution in [2.45, 2.75) is 30.2 Å². The Kier molecular flexibility index (Phi) is 5.75. The van der Waals surface area contributed by atoms with Gasteiger partial charge < -0.3 is 14.7 Å². The van der Waals surface area contributed by atoms with Gasteiger partial charge in [-0.3, -0.25) is 9.69 Å². The van der Waals surface area contributed by atoms with Crippen molar-refractivity contribution in [3.8, 4) is 0 Å². The number of likely N-dealkylation sites (tertiary alicyclic amines) is 1. The van der Waals surface area contributed by atoms with Crippen LogP contribution in [0.1, 0.15) is 28.2 Å². The molecule has 4 heterocycles. The first-order valence-electron chi connectivity index (χ1n) is 9.45. The van der Waals surface area contributed by atoms with Gasteiger partial charge in [0, 0.05) is 63.3 Å². The van der Waals surface area contributed by atoms with Gasteiger partial charge in [-0.15, -0.1) is 0 Å². The molecule has 144 valence electrons. The Bertz CT molecular complexity index is 790. The van der Waals surface area contributed by atoms with Crippen LogP contribution in [0.2, 0.25) is 0 Å². The van der Waals surface area contributed by atoms with Gasteiger partial charge in [-0.25, -0.2) is 4.98 Å². The first-order valence-corrected chi connectivity index (χ1v) is 10.4. The second kappa shape index (κ2) is 8.41. The van der Waals surface area contributed by atoms with Crippen molar-refractivity contribution in [3.63, 3.8) is 0 Å². The molecule has 1 amide bonds. The molecule has 8 heteroatoms. The number of nitrogens with one attached hydrogen (secondary N) is 1. The molecule has 1 N–H and O–H groups in total. The van der Waals surface area contributed by atoms with Crippen molar-refractivity contribution in [2.75, 3.05) is 39.3 Å². The third-order valence-electron chi connectivity index (χ3n) is 5.15. The Morgan fingerprint density at radius 3 is 3.00 bits per heavy atom. The Balaban J connectivity index is 1.41. The van der Waals surface area contributed by atoms with Gasteiger partial charge in [-0.1, -0.05) is 16.9 Å². The number of carbonyl (C=O) groups is 1. The van der Waals surface area contributed by atoms with Crippen LogP contribution in [0.4, 0.5) is 0 Å². The molecule has 2 fully saturated rings. The molecule has 7 nitrogen and oxygen atoms in total. The lowest BCUT2D eigenvalue weighted by Crippen LogP contribution is -2.49. The summed E-state index contributed by atoms with van der Waals surface area (Å²) in [5.41, 5.74) is 1.55. The number of thioether (sulfide) groups is 1. The molecule has 2 aromatic heterocycles. The normalized spacial score (nSPS) is 20.9. The fraction of sp³-hybridized carbons (Fsp3) is 0.526. The Hall–Kier alpha value is -1.90. The van der Waals surface area contributed by atoms with Crippen LogP contribution in [0.5, 0.6) is 0 Å². The van der Waals surface area contributed by atoms with Crippen LogP contribution < -0.4 is 5.32 Å². The molecular weight excluding hydrogens is 362 g/mol. The molecule has 1 atom stereocenters. The molecule has 1 unspecified atom stereocenters. The van der Waals surface area contributed by atoms with E-state index in [1.165, 1.54) is 11.8 Å². The number of rotatable bonds is 5. The van der Waals surface area contributed by atoms with Crippen LogP contribution in [-0.4, -0.2) is 71.2 Å². The second-order valence-corrected chi connectivity index (χ2v) is 8.02. The summed E-state index contributed by atoms with van der Waals surface area (Å²) in [6.07, 6.45) is 2.79. The molecular formula is C19H25N5O2S. The minimum absolute atomic E-state index is 0.0829. The van der Waals surface area contributed by atoms with Gasteiger partial charge in [0.2, 0.25) is 0 Å². The number of hydrogen-bond donors (Lipinski definition) is 1. The van der Waals surface area contributed by atoms with Crippen molar-refractivity contribution < 1.29 is 9.32 Å². The summed E-state index contributed by atoms with van der Waals surface area (Å²) in [5, 5.41) is 8.16. The summed E-state index contributed by atoms with van der Waals surface area (Å²) in [6.45, 7) is 7.70. The zero-order valence-corrected chi connectivity index (χ0v) is 16.4. The Labute approximate surface area is 163 Å². The predicted octanol–water partition coefficient (Wildman–Crippen LogP) is 1.79. The number of aryl methyl sites for hydroxylation is 1.